The molecule has 0 spiro atoms. The van der Waals surface area contributed by atoms with Crippen molar-refractivity contribution < 1.29 is 4.79 Å². The molecule has 128 valence electrons. The van der Waals surface area contributed by atoms with Gasteiger partial charge in [-0.2, -0.15) is 0 Å². The summed E-state index contributed by atoms with van der Waals surface area (Å²) < 4.78 is 0. The van der Waals surface area contributed by atoms with E-state index in [-0.39, 0.29) is 11.5 Å². The number of para-hydroxylation sites is 1. The summed E-state index contributed by atoms with van der Waals surface area (Å²) in [5.74, 6) is 0.0992. The maximum atomic E-state index is 12.5. The second-order valence-electron chi connectivity index (χ2n) is 6.23. The van der Waals surface area contributed by atoms with E-state index >= 15 is 0 Å². The Bertz CT molecular complexity index is 970. The Balaban J connectivity index is 1.61. The number of amides is 1. The lowest BCUT2D eigenvalue weighted by Crippen LogP contribution is -2.49. The SMILES string of the molecule is Cc1c(N2CCN(C(=O)c3cccs3)CC2)c2ccccc2[nH]c1=O. The lowest BCUT2D eigenvalue weighted by atomic mass is 10.1. The van der Waals surface area contributed by atoms with Crippen LogP contribution in [-0.4, -0.2) is 42.0 Å². The van der Waals surface area contributed by atoms with Gasteiger partial charge in [-0.15, -0.1) is 11.3 Å². The van der Waals surface area contributed by atoms with Gasteiger partial charge in [-0.25, -0.2) is 0 Å². The molecule has 5 nitrogen and oxygen atoms in total. The van der Waals surface area contributed by atoms with E-state index in [4.69, 9.17) is 0 Å². The zero-order chi connectivity index (χ0) is 17.4. The predicted molar refractivity (Wildman–Crippen MR) is 102 cm³/mol. The topological polar surface area (TPSA) is 56.4 Å². The van der Waals surface area contributed by atoms with Gasteiger partial charge in [-0.3, -0.25) is 9.59 Å². The summed E-state index contributed by atoms with van der Waals surface area (Å²) in [6, 6.07) is 11.6. The Morgan fingerprint density at radius 1 is 1.08 bits per heavy atom. The molecular formula is C19H19N3O2S. The predicted octanol–water partition coefficient (Wildman–Crippen LogP) is 2.86. The van der Waals surface area contributed by atoms with Crippen molar-refractivity contribution in [3.63, 3.8) is 0 Å². The number of benzene rings is 1. The standard InChI is InChI=1S/C19H19N3O2S/c1-13-17(14-5-2-3-6-15(14)20-18(13)23)21-8-10-22(11-9-21)19(24)16-7-4-12-25-16/h2-7,12H,8-11H2,1H3,(H,20,23). The van der Waals surface area contributed by atoms with Crippen LogP contribution in [0.2, 0.25) is 0 Å². The van der Waals surface area contributed by atoms with Gasteiger partial charge in [0.25, 0.3) is 11.5 Å². The third-order valence-corrected chi connectivity index (χ3v) is 5.60. The third-order valence-electron chi connectivity index (χ3n) is 4.74. The highest BCUT2D eigenvalue weighted by atomic mass is 32.1. The van der Waals surface area contributed by atoms with Gasteiger partial charge in [0.15, 0.2) is 0 Å². The van der Waals surface area contributed by atoms with Crippen LogP contribution in [0.4, 0.5) is 5.69 Å². The average Bonchev–Trinajstić information content (AvgIpc) is 3.17. The van der Waals surface area contributed by atoms with Crippen LogP contribution in [0.15, 0.2) is 46.6 Å². The van der Waals surface area contributed by atoms with E-state index in [0.29, 0.717) is 13.1 Å². The van der Waals surface area contributed by atoms with Crippen molar-refractivity contribution in [1.29, 1.82) is 0 Å². The summed E-state index contributed by atoms with van der Waals surface area (Å²) in [7, 11) is 0. The second-order valence-corrected chi connectivity index (χ2v) is 7.18. The number of piperazine rings is 1. The summed E-state index contributed by atoms with van der Waals surface area (Å²) in [5, 5.41) is 2.98. The molecule has 1 saturated heterocycles. The van der Waals surface area contributed by atoms with Crippen LogP contribution in [0, 0.1) is 6.92 Å². The van der Waals surface area contributed by atoms with E-state index in [1.165, 1.54) is 11.3 Å². The van der Waals surface area contributed by atoms with Crippen LogP contribution in [0.1, 0.15) is 15.2 Å². The van der Waals surface area contributed by atoms with Crippen LogP contribution in [0.25, 0.3) is 10.9 Å². The largest absolute Gasteiger partial charge is 0.367 e. The number of nitrogens with one attached hydrogen (secondary N) is 1. The Morgan fingerprint density at radius 3 is 2.56 bits per heavy atom. The minimum absolute atomic E-state index is 0.0502. The van der Waals surface area contributed by atoms with Crippen LogP contribution >= 0.6 is 11.3 Å². The molecule has 1 aromatic carbocycles. The van der Waals surface area contributed by atoms with Crippen molar-refractivity contribution in [2.75, 3.05) is 31.1 Å². The maximum absolute atomic E-state index is 12.5. The number of carbonyl (C=O) groups is 1. The Hall–Kier alpha value is -2.60. The number of thiophene rings is 1. The maximum Gasteiger partial charge on any atom is 0.264 e. The van der Waals surface area contributed by atoms with E-state index < -0.39 is 0 Å². The van der Waals surface area contributed by atoms with Crippen molar-refractivity contribution in [1.82, 2.24) is 9.88 Å². The first-order valence-electron chi connectivity index (χ1n) is 8.34. The molecule has 0 radical (unpaired) electrons. The van der Waals surface area contributed by atoms with E-state index in [0.717, 1.165) is 40.1 Å². The molecule has 0 aliphatic carbocycles. The fourth-order valence-electron chi connectivity index (χ4n) is 3.42. The Morgan fingerprint density at radius 2 is 1.84 bits per heavy atom. The molecular weight excluding hydrogens is 334 g/mol. The Labute approximate surface area is 149 Å². The molecule has 3 aromatic rings. The number of anilines is 1. The molecule has 0 atom stereocenters. The first kappa shape index (κ1) is 15.9. The van der Waals surface area contributed by atoms with E-state index in [9.17, 15) is 9.59 Å². The molecule has 1 aliphatic rings. The van der Waals surface area contributed by atoms with Crippen LogP contribution in [0.3, 0.4) is 0 Å². The molecule has 0 bridgehead atoms. The van der Waals surface area contributed by atoms with Crippen molar-refractivity contribution in [2.45, 2.75) is 6.92 Å². The second kappa shape index (κ2) is 6.37. The number of hydrogen-bond acceptors (Lipinski definition) is 4. The number of H-pyrrole nitrogens is 1. The average molecular weight is 353 g/mol. The van der Waals surface area contributed by atoms with Crippen LogP contribution in [0.5, 0.6) is 0 Å². The third kappa shape index (κ3) is 2.82. The molecule has 1 aliphatic heterocycles. The summed E-state index contributed by atoms with van der Waals surface area (Å²) in [5.41, 5.74) is 2.52. The van der Waals surface area contributed by atoms with Gasteiger partial charge in [0.2, 0.25) is 0 Å². The molecule has 4 rings (SSSR count). The highest BCUT2D eigenvalue weighted by Crippen LogP contribution is 2.28. The lowest BCUT2D eigenvalue weighted by Gasteiger charge is -2.37. The first-order chi connectivity index (χ1) is 12.1. The number of aromatic nitrogens is 1. The molecule has 1 N–H and O–H groups in total. The summed E-state index contributed by atoms with van der Waals surface area (Å²) >= 11 is 1.48. The molecule has 25 heavy (non-hydrogen) atoms. The minimum Gasteiger partial charge on any atom is -0.367 e. The molecule has 1 fully saturated rings. The molecule has 3 heterocycles. The molecule has 2 aromatic heterocycles. The highest BCUT2D eigenvalue weighted by molar-refractivity contribution is 7.12. The van der Waals surface area contributed by atoms with Crippen molar-refractivity contribution in [3.8, 4) is 0 Å². The van der Waals surface area contributed by atoms with Gasteiger partial charge < -0.3 is 14.8 Å². The van der Waals surface area contributed by atoms with Gasteiger partial charge in [0, 0.05) is 37.1 Å². The van der Waals surface area contributed by atoms with Gasteiger partial charge >= 0.3 is 0 Å². The van der Waals surface area contributed by atoms with E-state index in [2.05, 4.69) is 9.88 Å². The highest BCUT2D eigenvalue weighted by Gasteiger charge is 2.25. The van der Waals surface area contributed by atoms with Crippen LogP contribution < -0.4 is 10.5 Å². The zero-order valence-corrected chi connectivity index (χ0v) is 14.8. The van der Waals surface area contributed by atoms with E-state index in [1.54, 1.807) is 0 Å². The number of aromatic amines is 1. The fourth-order valence-corrected chi connectivity index (χ4v) is 4.11. The summed E-state index contributed by atoms with van der Waals surface area (Å²) in [6.07, 6.45) is 0. The van der Waals surface area contributed by atoms with Crippen molar-refractivity contribution in [2.24, 2.45) is 0 Å². The van der Waals surface area contributed by atoms with Gasteiger partial charge in [-0.05, 0) is 24.4 Å². The number of carbonyl (C=O) groups excluding carboxylic acids is 1. The van der Waals surface area contributed by atoms with Crippen LogP contribution in [-0.2, 0) is 0 Å². The van der Waals surface area contributed by atoms with Gasteiger partial charge in [-0.1, -0.05) is 24.3 Å². The smallest absolute Gasteiger partial charge is 0.264 e. The van der Waals surface area contributed by atoms with Gasteiger partial charge in [0.1, 0.15) is 0 Å². The fraction of sp³-hybridized carbons (Fsp3) is 0.263. The lowest BCUT2D eigenvalue weighted by molar-refractivity contribution is 0.0751. The summed E-state index contributed by atoms with van der Waals surface area (Å²) in [6.45, 7) is 4.65. The monoisotopic (exact) mass is 353 g/mol. The molecule has 0 saturated carbocycles. The minimum atomic E-state index is -0.0502. The van der Waals surface area contributed by atoms with E-state index in [1.807, 2.05) is 53.6 Å². The number of pyridine rings is 1. The van der Waals surface area contributed by atoms with Gasteiger partial charge in [0.05, 0.1) is 16.1 Å². The number of rotatable bonds is 2. The quantitative estimate of drug-likeness (QED) is 0.771. The van der Waals surface area contributed by atoms with Crippen molar-refractivity contribution >= 4 is 33.8 Å². The molecule has 0 unspecified atom stereocenters. The summed E-state index contributed by atoms with van der Waals surface area (Å²) in [4.78, 5) is 32.6. The normalized spacial score (nSPS) is 14.9. The molecule has 6 heteroatoms. The zero-order valence-electron chi connectivity index (χ0n) is 14.0. The number of hydrogen-bond donors (Lipinski definition) is 1. The number of fused-ring (bicyclic) bond motifs is 1. The van der Waals surface area contributed by atoms with Crippen molar-refractivity contribution in [3.05, 3.63) is 62.6 Å². The number of nitrogens with zero attached hydrogens (tertiary/aromatic N) is 2. The molecule has 1 amide bonds. The first-order valence-corrected chi connectivity index (χ1v) is 9.22. The Kier molecular flexibility index (Phi) is 4.05.